The maximum absolute atomic E-state index is 9.23. The van der Waals surface area contributed by atoms with Gasteiger partial charge in [0.05, 0.1) is 7.11 Å². The number of likely N-dealkylation sites (N-methyl/N-ethyl adjacent to an activating group) is 1. The number of rotatable bonds is 1. The van der Waals surface area contributed by atoms with Crippen molar-refractivity contribution in [1.29, 1.82) is 0 Å². The third-order valence-corrected chi connectivity index (χ3v) is 5.36. The van der Waals surface area contributed by atoms with Crippen molar-refractivity contribution in [3.8, 4) is 5.75 Å². The Kier molecular flexibility index (Phi) is 1.89. The molecular formula is C18H25NO. The summed E-state index contributed by atoms with van der Waals surface area (Å²) in [7, 11) is 3.18. The molecule has 2 aliphatic carbocycles. The van der Waals surface area contributed by atoms with E-state index in [-0.39, 0.29) is 5.92 Å². The zero-order valence-corrected chi connectivity index (χ0v) is 12.2. The second-order valence-corrected chi connectivity index (χ2v) is 6.26. The Labute approximate surface area is 129 Å². The van der Waals surface area contributed by atoms with E-state index in [1.165, 1.54) is 4.90 Å². The van der Waals surface area contributed by atoms with Crippen LogP contribution >= 0.6 is 0 Å². The van der Waals surface area contributed by atoms with E-state index in [9.17, 15) is 1.37 Å². The van der Waals surface area contributed by atoms with Crippen molar-refractivity contribution < 1.29 is 11.6 Å². The highest BCUT2D eigenvalue weighted by Crippen LogP contribution is 2.55. The predicted molar refractivity (Wildman–Crippen MR) is 81.4 cm³/mol. The Morgan fingerprint density at radius 2 is 2.35 bits per heavy atom. The van der Waals surface area contributed by atoms with E-state index in [1.807, 2.05) is 18.2 Å². The molecule has 2 fully saturated rings. The Hall–Kier alpha value is -1.02. The summed E-state index contributed by atoms with van der Waals surface area (Å²) in [6.07, 6.45) is 1.51. The van der Waals surface area contributed by atoms with Crippen molar-refractivity contribution >= 4 is 0 Å². The first kappa shape index (κ1) is 8.43. The van der Waals surface area contributed by atoms with Gasteiger partial charge in [0.1, 0.15) is 5.75 Å². The standard InChI is InChI=1S/C18H25NO/c1-19-10-9-18-8-4-3-5-15(18)17(19)11-13-6-7-14(20-2)12-16(13)18/h6-7,12,15,17H,3-5,8-11H2,1-2H3/t15?,17-,18-/m0/s1/i9D2,10D2,17D. The van der Waals surface area contributed by atoms with E-state index in [0.29, 0.717) is 18.6 Å². The number of methoxy groups -OCH3 is 1. The molecule has 1 aromatic rings. The zero-order chi connectivity index (χ0) is 18.3. The molecule has 1 aliphatic heterocycles. The molecule has 0 aromatic heterocycles. The second-order valence-electron chi connectivity index (χ2n) is 6.26. The number of nitrogens with zero attached hydrogens (tertiary/aromatic N) is 1. The van der Waals surface area contributed by atoms with E-state index < -0.39 is 24.3 Å². The minimum Gasteiger partial charge on any atom is -0.497 e. The first-order valence-electron chi connectivity index (χ1n) is 10.0. The van der Waals surface area contributed by atoms with Crippen LogP contribution in [0, 0.1) is 5.92 Å². The summed E-state index contributed by atoms with van der Waals surface area (Å²) in [5, 5.41) is 0. The van der Waals surface area contributed by atoms with Crippen LogP contribution in [0.1, 0.15) is 50.0 Å². The van der Waals surface area contributed by atoms with E-state index in [1.54, 1.807) is 14.2 Å². The summed E-state index contributed by atoms with van der Waals surface area (Å²) >= 11 is 0. The van der Waals surface area contributed by atoms with Crippen LogP contribution in [0.25, 0.3) is 0 Å². The molecule has 20 heavy (non-hydrogen) atoms. The van der Waals surface area contributed by atoms with Gasteiger partial charge in [-0.25, -0.2) is 0 Å². The van der Waals surface area contributed by atoms with Crippen LogP contribution < -0.4 is 4.74 Å². The van der Waals surface area contributed by atoms with Gasteiger partial charge in [0.25, 0.3) is 0 Å². The van der Waals surface area contributed by atoms with Crippen molar-refractivity contribution in [2.45, 2.75) is 49.9 Å². The molecule has 4 rings (SSSR count). The molecule has 1 heterocycles. The number of benzene rings is 1. The van der Waals surface area contributed by atoms with Crippen LogP contribution in [0.2, 0.25) is 0 Å². The van der Waals surface area contributed by atoms with E-state index in [2.05, 4.69) is 0 Å². The average Bonchev–Trinajstić information content (AvgIpc) is 2.59. The molecule has 1 saturated heterocycles. The van der Waals surface area contributed by atoms with E-state index in [0.717, 1.165) is 30.4 Å². The number of hydrogen-bond donors (Lipinski definition) is 0. The minimum absolute atomic E-state index is 0.225. The fourth-order valence-corrected chi connectivity index (χ4v) is 4.34. The van der Waals surface area contributed by atoms with Crippen molar-refractivity contribution in [3.63, 3.8) is 0 Å². The zero-order valence-electron chi connectivity index (χ0n) is 17.2. The Morgan fingerprint density at radius 1 is 1.45 bits per heavy atom. The van der Waals surface area contributed by atoms with Crippen LogP contribution in [0.4, 0.5) is 0 Å². The fourth-order valence-electron chi connectivity index (χ4n) is 4.34. The molecule has 0 N–H and O–H groups in total. The lowest BCUT2D eigenvalue weighted by Gasteiger charge is -2.58. The molecule has 0 amide bonds. The number of fused-ring (bicyclic) bond motifs is 1. The maximum Gasteiger partial charge on any atom is 0.119 e. The third kappa shape index (κ3) is 1.60. The molecule has 1 unspecified atom stereocenters. The summed E-state index contributed by atoms with van der Waals surface area (Å²) in [5.74, 6) is 0.447. The topological polar surface area (TPSA) is 12.5 Å². The molecule has 1 saturated carbocycles. The van der Waals surface area contributed by atoms with Gasteiger partial charge in [0, 0.05) is 18.3 Å². The predicted octanol–water partition coefficient (Wildman–Crippen LogP) is 3.38. The van der Waals surface area contributed by atoms with Gasteiger partial charge >= 0.3 is 0 Å². The molecule has 2 nitrogen and oxygen atoms in total. The smallest absolute Gasteiger partial charge is 0.119 e. The first-order valence-corrected chi connectivity index (χ1v) is 7.54. The van der Waals surface area contributed by atoms with Crippen LogP contribution in [0.5, 0.6) is 5.75 Å². The SMILES string of the molecule is [2H]C1([2H])N(C)[C@@]2([2H])Cc3ccc(OC)cc3[C@@]3(CCCCC23)C1([2H])[2H]. The van der Waals surface area contributed by atoms with Gasteiger partial charge in [-0.05, 0) is 68.4 Å². The van der Waals surface area contributed by atoms with Gasteiger partial charge in [-0.2, -0.15) is 0 Å². The van der Waals surface area contributed by atoms with Gasteiger partial charge in [-0.15, -0.1) is 0 Å². The summed E-state index contributed by atoms with van der Waals surface area (Å²) < 4.78 is 49.6. The summed E-state index contributed by atoms with van der Waals surface area (Å²) in [6.45, 7) is -2.21. The Balaban J connectivity index is 2.07. The fraction of sp³-hybridized carbons (Fsp3) is 0.667. The van der Waals surface area contributed by atoms with E-state index in [4.69, 9.17) is 10.2 Å². The third-order valence-electron chi connectivity index (χ3n) is 5.36. The number of piperidine rings is 1. The maximum atomic E-state index is 9.23. The number of hydrogen-bond acceptors (Lipinski definition) is 2. The van der Waals surface area contributed by atoms with Gasteiger partial charge in [0.2, 0.25) is 0 Å². The van der Waals surface area contributed by atoms with Crippen molar-refractivity contribution in [3.05, 3.63) is 29.3 Å². The highest BCUT2D eigenvalue weighted by atomic mass is 16.5. The summed E-state index contributed by atoms with van der Waals surface area (Å²) in [5.41, 5.74) is 0.840. The van der Waals surface area contributed by atoms with Gasteiger partial charge in [0.15, 0.2) is 0 Å². The lowest BCUT2D eigenvalue weighted by atomic mass is 9.52. The van der Waals surface area contributed by atoms with Crippen molar-refractivity contribution in [2.75, 3.05) is 20.7 Å². The number of likely N-dealkylation sites (tertiary alicyclic amines) is 1. The lowest BCUT2D eigenvalue weighted by molar-refractivity contribution is 0.00274. The summed E-state index contributed by atoms with van der Waals surface area (Å²) in [4.78, 5) is 1.36. The second kappa shape index (κ2) is 4.49. The Bertz CT molecular complexity index is 723. The van der Waals surface area contributed by atoms with Gasteiger partial charge in [-0.3, -0.25) is 0 Å². The molecule has 2 bridgehead atoms. The van der Waals surface area contributed by atoms with Crippen LogP contribution in [0.15, 0.2) is 18.2 Å². The molecule has 1 aromatic carbocycles. The van der Waals surface area contributed by atoms with E-state index >= 15 is 0 Å². The van der Waals surface area contributed by atoms with Crippen LogP contribution in [-0.2, 0) is 11.8 Å². The average molecular weight is 276 g/mol. The van der Waals surface area contributed by atoms with Gasteiger partial charge in [-0.1, -0.05) is 18.9 Å². The molecule has 3 atom stereocenters. The monoisotopic (exact) mass is 276 g/mol. The lowest BCUT2D eigenvalue weighted by Crippen LogP contribution is -2.59. The highest BCUT2D eigenvalue weighted by molar-refractivity contribution is 5.45. The minimum atomic E-state index is -2.21. The van der Waals surface area contributed by atoms with Crippen molar-refractivity contribution in [2.24, 2.45) is 5.92 Å². The molecule has 108 valence electrons. The van der Waals surface area contributed by atoms with Gasteiger partial charge < -0.3 is 9.64 Å². The normalized spacial score (nSPS) is 48.5. The molecule has 0 spiro atoms. The quantitative estimate of drug-likeness (QED) is 0.779. The first-order chi connectivity index (χ1) is 11.6. The molecule has 0 radical (unpaired) electrons. The summed E-state index contributed by atoms with van der Waals surface area (Å²) in [6, 6.07) is 4.57. The molecular weight excluding hydrogens is 246 g/mol. The molecule has 2 heteroatoms. The van der Waals surface area contributed by atoms with Crippen LogP contribution in [-0.4, -0.2) is 31.6 Å². The number of ether oxygens (including phenoxy) is 1. The van der Waals surface area contributed by atoms with Crippen LogP contribution in [0.3, 0.4) is 0 Å². The molecule has 3 aliphatic rings. The van der Waals surface area contributed by atoms with Crippen molar-refractivity contribution in [1.82, 2.24) is 4.90 Å². The largest absolute Gasteiger partial charge is 0.497 e. The highest BCUT2D eigenvalue weighted by Gasteiger charge is 2.53. The Morgan fingerprint density at radius 3 is 3.20 bits per heavy atom.